The van der Waals surface area contributed by atoms with E-state index in [9.17, 15) is 14.9 Å². The van der Waals surface area contributed by atoms with Gasteiger partial charge in [0.05, 0.1) is 22.4 Å². The maximum absolute atomic E-state index is 11.8. The van der Waals surface area contributed by atoms with Gasteiger partial charge in [0.25, 0.3) is 5.69 Å². The van der Waals surface area contributed by atoms with Crippen LogP contribution in [0.4, 0.5) is 5.69 Å². The Morgan fingerprint density at radius 3 is 2.83 bits per heavy atom. The molecular weight excluding hydrogens is 240 g/mol. The highest BCUT2D eigenvalue weighted by Gasteiger charge is 2.18. The lowest BCUT2D eigenvalue weighted by Crippen LogP contribution is -2.07. The molecule has 94 valence electrons. The first-order chi connectivity index (χ1) is 8.54. The maximum Gasteiger partial charge on any atom is 0.397 e. The molecule has 0 amide bonds. The number of ether oxygens (including phenoxy) is 1. The van der Waals surface area contributed by atoms with E-state index in [1.807, 2.05) is 0 Å². The molecule has 18 heavy (non-hydrogen) atoms. The molecule has 7 nitrogen and oxygen atoms in total. The SMILES string of the molecule is CCOc1nc2ccc([N+](=O)[O-])c(C)c2c(=O)o1. The molecule has 1 aromatic carbocycles. The van der Waals surface area contributed by atoms with Gasteiger partial charge < -0.3 is 9.15 Å². The predicted octanol–water partition coefficient (Wildman–Crippen LogP) is 1.80. The number of nitrogens with zero attached hydrogens (tertiary/aromatic N) is 2. The molecule has 0 spiro atoms. The molecular formula is C11H10N2O5. The second-order valence-electron chi connectivity index (χ2n) is 3.56. The molecule has 0 bridgehead atoms. The van der Waals surface area contributed by atoms with E-state index in [2.05, 4.69) is 4.98 Å². The molecule has 2 rings (SSSR count). The summed E-state index contributed by atoms with van der Waals surface area (Å²) < 4.78 is 9.84. The van der Waals surface area contributed by atoms with Crippen LogP contribution in [-0.2, 0) is 0 Å². The Kier molecular flexibility index (Phi) is 2.97. The first-order valence-electron chi connectivity index (χ1n) is 5.26. The van der Waals surface area contributed by atoms with E-state index >= 15 is 0 Å². The monoisotopic (exact) mass is 250 g/mol. The molecule has 0 aliphatic heterocycles. The summed E-state index contributed by atoms with van der Waals surface area (Å²) in [6, 6.07) is 2.71. The average molecular weight is 250 g/mol. The van der Waals surface area contributed by atoms with Gasteiger partial charge in [-0.2, -0.15) is 4.98 Å². The van der Waals surface area contributed by atoms with Crippen LogP contribution in [0.3, 0.4) is 0 Å². The largest absolute Gasteiger partial charge is 0.450 e. The maximum atomic E-state index is 11.8. The van der Waals surface area contributed by atoms with Crippen molar-refractivity contribution in [1.82, 2.24) is 4.98 Å². The molecule has 2 aromatic rings. The van der Waals surface area contributed by atoms with Crippen molar-refractivity contribution in [1.29, 1.82) is 0 Å². The Morgan fingerprint density at radius 1 is 1.50 bits per heavy atom. The van der Waals surface area contributed by atoms with Crippen molar-refractivity contribution in [2.75, 3.05) is 6.61 Å². The minimum absolute atomic E-state index is 0.104. The number of nitro benzene ring substituents is 1. The summed E-state index contributed by atoms with van der Waals surface area (Å²) in [6.45, 7) is 3.53. The summed E-state index contributed by atoms with van der Waals surface area (Å²) in [5.41, 5.74) is -0.273. The molecule has 0 saturated heterocycles. The normalized spacial score (nSPS) is 10.6. The Hall–Kier alpha value is -2.44. The fourth-order valence-corrected chi connectivity index (χ4v) is 1.67. The number of rotatable bonds is 3. The second kappa shape index (κ2) is 4.44. The Bertz CT molecular complexity index is 677. The van der Waals surface area contributed by atoms with Crippen LogP contribution in [0.15, 0.2) is 21.3 Å². The molecule has 0 N–H and O–H groups in total. The van der Waals surface area contributed by atoms with Crippen LogP contribution in [0.1, 0.15) is 12.5 Å². The van der Waals surface area contributed by atoms with E-state index in [1.165, 1.54) is 19.1 Å². The molecule has 0 unspecified atom stereocenters. The first-order valence-corrected chi connectivity index (χ1v) is 5.26. The number of aromatic nitrogens is 1. The average Bonchev–Trinajstić information content (AvgIpc) is 2.28. The Morgan fingerprint density at radius 2 is 2.22 bits per heavy atom. The molecule has 0 radical (unpaired) electrons. The third kappa shape index (κ3) is 1.90. The van der Waals surface area contributed by atoms with Gasteiger partial charge in [0.2, 0.25) is 0 Å². The fourth-order valence-electron chi connectivity index (χ4n) is 1.67. The molecule has 0 fully saturated rings. The zero-order chi connectivity index (χ0) is 13.3. The molecule has 1 aromatic heterocycles. The van der Waals surface area contributed by atoms with E-state index in [1.54, 1.807) is 6.92 Å². The van der Waals surface area contributed by atoms with Crippen molar-refractivity contribution in [3.63, 3.8) is 0 Å². The van der Waals surface area contributed by atoms with Gasteiger partial charge in [0, 0.05) is 11.6 Å². The smallest absolute Gasteiger partial charge is 0.397 e. The van der Waals surface area contributed by atoms with Gasteiger partial charge in [-0.25, -0.2) is 4.79 Å². The molecule has 0 aliphatic rings. The number of aryl methyl sites for hydroxylation is 1. The zero-order valence-electron chi connectivity index (χ0n) is 9.80. The van der Waals surface area contributed by atoms with Gasteiger partial charge in [-0.3, -0.25) is 10.1 Å². The predicted molar refractivity (Wildman–Crippen MR) is 62.8 cm³/mol. The summed E-state index contributed by atoms with van der Waals surface area (Å²) >= 11 is 0. The quantitative estimate of drug-likeness (QED) is 0.608. The van der Waals surface area contributed by atoms with E-state index in [0.717, 1.165) is 0 Å². The number of hydrogen-bond acceptors (Lipinski definition) is 6. The lowest BCUT2D eigenvalue weighted by molar-refractivity contribution is -0.385. The summed E-state index contributed by atoms with van der Waals surface area (Å²) in [4.78, 5) is 26.0. The minimum atomic E-state index is -0.690. The van der Waals surface area contributed by atoms with E-state index < -0.39 is 10.5 Å². The number of hydrogen-bond donors (Lipinski definition) is 0. The van der Waals surface area contributed by atoms with Crippen LogP contribution in [-0.4, -0.2) is 16.5 Å². The zero-order valence-corrected chi connectivity index (χ0v) is 9.80. The summed E-state index contributed by atoms with van der Waals surface area (Å²) in [6.07, 6.45) is -0.136. The number of benzene rings is 1. The van der Waals surface area contributed by atoms with Gasteiger partial charge >= 0.3 is 11.7 Å². The highest BCUT2D eigenvalue weighted by Crippen LogP contribution is 2.24. The van der Waals surface area contributed by atoms with Crippen molar-refractivity contribution in [2.24, 2.45) is 0 Å². The molecule has 0 aliphatic carbocycles. The highest BCUT2D eigenvalue weighted by molar-refractivity contribution is 5.84. The Balaban J connectivity index is 2.76. The highest BCUT2D eigenvalue weighted by atomic mass is 16.6. The minimum Gasteiger partial charge on any atom is -0.450 e. The van der Waals surface area contributed by atoms with Gasteiger partial charge in [-0.1, -0.05) is 0 Å². The van der Waals surface area contributed by atoms with Crippen LogP contribution >= 0.6 is 0 Å². The lowest BCUT2D eigenvalue weighted by atomic mass is 10.1. The van der Waals surface area contributed by atoms with Crippen LogP contribution < -0.4 is 10.4 Å². The third-order valence-corrected chi connectivity index (χ3v) is 2.47. The summed E-state index contributed by atoms with van der Waals surface area (Å²) in [5.74, 6) is 0. The molecule has 7 heteroatoms. The topological polar surface area (TPSA) is 95.5 Å². The van der Waals surface area contributed by atoms with Crippen molar-refractivity contribution in [3.05, 3.63) is 38.2 Å². The van der Waals surface area contributed by atoms with Crippen molar-refractivity contribution >= 4 is 16.6 Å². The van der Waals surface area contributed by atoms with Gasteiger partial charge in [0.1, 0.15) is 0 Å². The third-order valence-electron chi connectivity index (χ3n) is 2.47. The van der Waals surface area contributed by atoms with Crippen LogP contribution in [0.5, 0.6) is 6.08 Å². The Labute approximate surface area is 101 Å². The van der Waals surface area contributed by atoms with Crippen LogP contribution in [0, 0.1) is 17.0 Å². The van der Waals surface area contributed by atoms with Crippen LogP contribution in [0.2, 0.25) is 0 Å². The van der Waals surface area contributed by atoms with Crippen molar-refractivity contribution in [2.45, 2.75) is 13.8 Å². The molecule has 1 heterocycles. The van der Waals surface area contributed by atoms with E-state index in [0.29, 0.717) is 12.1 Å². The van der Waals surface area contributed by atoms with Gasteiger partial charge in [0.15, 0.2) is 0 Å². The standard InChI is InChI=1S/C11H10N2O5/c1-3-17-11-12-7-4-5-8(13(15)16)6(2)9(7)10(14)18-11/h4-5H,3H2,1-2H3. The van der Waals surface area contributed by atoms with Crippen molar-refractivity contribution < 1.29 is 14.1 Å². The first kappa shape index (κ1) is 12.0. The van der Waals surface area contributed by atoms with E-state index in [4.69, 9.17) is 9.15 Å². The number of fused-ring (bicyclic) bond motifs is 1. The van der Waals surface area contributed by atoms with Crippen molar-refractivity contribution in [3.8, 4) is 6.08 Å². The summed E-state index contributed by atoms with van der Waals surface area (Å²) in [5, 5.41) is 10.9. The van der Waals surface area contributed by atoms with Gasteiger partial charge in [-0.05, 0) is 19.9 Å². The fraction of sp³-hybridized carbons (Fsp3) is 0.273. The van der Waals surface area contributed by atoms with Crippen LogP contribution in [0.25, 0.3) is 10.9 Å². The lowest BCUT2D eigenvalue weighted by Gasteiger charge is -2.03. The molecule has 0 atom stereocenters. The number of nitro groups is 1. The van der Waals surface area contributed by atoms with E-state index in [-0.39, 0.29) is 22.7 Å². The second-order valence-corrected chi connectivity index (χ2v) is 3.56. The van der Waals surface area contributed by atoms with Gasteiger partial charge in [-0.15, -0.1) is 0 Å². The molecule has 0 saturated carbocycles. The summed E-state index contributed by atoms with van der Waals surface area (Å²) in [7, 11) is 0.